The van der Waals surface area contributed by atoms with Crippen LogP contribution in [0, 0.1) is 0 Å². The van der Waals surface area contributed by atoms with E-state index in [0.717, 1.165) is 25.1 Å². The number of phenolic OH excluding ortho intramolecular Hbond substituents is 3. The average molecular weight is 813 g/mol. The highest BCUT2D eigenvalue weighted by molar-refractivity contribution is 5.87. The summed E-state index contributed by atoms with van der Waals surface area (Å²) in [7, 11) is 1.33. The number of rotatable bonds is 12. The topological polar surface area (TPSA) is 291 Å². The SMILES string of the molecule is COc1cc(-c2cc(=O)c3c(O)cc(O[C@@H]4O[C@H](CO)[C@@H](O)[C@H](O)[C@H]4O[C@@H]4O[C@H](COC(C)=O)[C@@H](O)[C@H](O)[C@H]4OC(=O)C=Cc4ccc(O)cc4)cc3o2)ccc1O. The smallest absolute Gasteiger partial charge is 0.331 e. The number of aliphatic hydroxyl groups excluding tert-OH is 5. The number of benzene rings is 3. The van der Waals surface area contributed by atoms with Crippen molar-refractivity contribution in [3.63, 3.8) is 0 Å². The minimum Gasteiger partial charge on any atom is -0.508 e. The molecule has 3 aromatic carbocycles. The van der Waals surface area contributed by atoms with Gasteiger partial charge in [-0.25, -0.2) is 4.79 Å². The first-order valence-electron chi connectivity index (χ1n) is 17.6. The Balaban J connectivity index is 1.32. The second kappa shape index (κ2) is 17.8. The van der Waals surface area contributed by atoms with Gasteiger partial charge >= 0.3 is 11.9 Å². The van der Waals surface area contributed by atoms with Gasteiger partial charge in [-0.2, -0.15) is 0 Å². The van der Waals surface area contributed by atoms with E-state index in [2.05, 4.69) is 0 Å². The molecule has 310 valence electrons. The largest absolute Gasteiger partial charge is 0.508 e. The Morgan fingerprint density at radius 1 is 0.810 bits per heavy atom. The third-order valence-electron chi connectivity index (χ3n) is 9.27. The Kier molecular flexibility index (Phi) is 12.8. The summed E-state index contributed by atoms with van der Waals surface area (Å²) in [5.41, 5.74) is -0.0386. The van der Waals surface area contributed by atoms with Gasteiger partial charge in [0.2, 0.25) is 6.29 Å². The molecule has 6 rings (SSSR count). The van der Waals surface area contributed by atoms with E-state index in [0.29, 0.717) is 11.1 Å². The molecule has 2 saturated heterocycles. The third kappa shape index (κ3) is 9.17. The van der Waals surface area contributed by atoms with Gasteiger partial charge in [0, 0.05) is 36.8 Å². The molecule has 0 unspecified atom stereocenters. The molecule has 0 aliphatic carbocycles. The molecule has 2 aliphatic rings. The molecule has 19 nitrogen and oxygen atoms in total. The number of fused-ring (bicyclic) bond motifs is 1. The number of phenols is 3. The number of hydrogen-bond acceptors (Lipinski definition) is 19. The van der Waals surface area contributed by atoms with E-state index in [1.807, 2.05) is 0 Å². The zero-order valence-electron chi connectivity index (χ0n) is 30.7. The molecule has 0 radical (unpaired) electrons. The molecular weight excluding hydrogens is 772 g/mol. The number of methoxy groups -OCH3 is 1. The van der Waals surface area contributed by atoms with Crippen LogP contribution in [0.4, 0.5) is 0 Å². The average Bonchev–Trinajstić information content (AvgIpc) is 3.19. The van der Waals surface area contributed by atoms with Crippen LogP contribution in [0.1, 0.15) is 12.5 Å². The first-order valence-corrected chi connectivity index (χ1v) is 17.6. The van der Waals surface area contributed by atoms with E-state index in [-0.39, 0.29) is 39.7 Å². The van der Waals surface area contributed by atoms with Crippen molar-refractivity contribution in [1.29, 1.82) is 0 Å². The molecule has 0 amide bonds. The molecule has 58 heavy (non-hydrogen) atoms. The van der Waals surface area contributed by atoms with E-state index in [9.17, 15) is 55.2 Å². The predicted molar refractivity (Wildman–Crippen MR) is 195 cm³/mol. The van der Waals surface area contributed by atoms with E-state index in [1.165, 1.54) is 61.7 Å². The van der Waals surface area contributed by atoms with Gasteiger partial charge in [-0.1, -0.05) is 12.1 Å². The summed E-state index contributed by atoms with van der Waals surface area (Å²) in [4.78, 5) is 37.7. The predicted octanol–water partition coefficient (Wildman–Crippen LogP) is 0.423. The summed E-state index contributed by atoms with van der Waals surface area (Å²) in [6.07, 6.45) is -15.6. The second-order valence-electron chi connectivity index (χ2n) is 13.3. The number of ether oxygens (including phenoxy) is 7. The fourth-order valence-corrected chi connectivity index (χ4v) is 6.27. The van der Waals surface area contributed by atoms with Crippen molar-refractivity contribution < 1.29 is 88.0 Å². The maximum absolute atomic E-state index is 13.1. The van der Waals surface area contributed by atoms with Crippen LogP contribution < -0.4 is 14.9 Å². The normalized spacial score (nSPS) is 27.3. The molecule has 4 aromatic rings. The van der Waals surface area contributed by atoms with Gasteiger partial charge in [-0.15, -0.1) is 0 Å². The van der Waals surface area contributed by atoms with E-state index in [4.69, 9.17) is 37.6 Å². The minimum atomic E-state index is -1.95. The van der Waals surface area contributed by atoms with Crippen molar-refractivity contribution in [2.75, 3.05) is 20.3 Å². The zero-order chi connectivity index (χ0) is 41.8. The van der Waals surface area contributed by atoms with Gasteiger partial charge in [0.05, 0.1) is 13.7 Å². The molecule has 19 heteroatoms. The standard InChI is InChI=1S/C39H40O19/c1-17(41)52-16-29-33(48)35(50)36(57-30(46)10-5-18-3-7-20(42)8-4-18)39(56-29)58-37-34(49)32(47)28(15-40)55-38(37)53-21-12-23(44)31-24(45)14-25(54-27(31)13-21)19-6-9-22(43)26(11-19)51-2/h3-14,28-29,32-40,42-44,47-50H,15-16H2,1-2H3/t28-,29-,32-,33-,34+,35+,36-,37-,38-,39+/m1/s1. The highest BCUT2D eigenvalue weighted by Gasteiger charge is 2.53. The van der Waals surface area contributed by atoms with Crippen molar-refractivity contribution in [1.82, 2.24) is 0 Å². The Labute approximate surface area is 328 Å². The van der Waals surface area contributed by atoms with E-state index in [1.54, 1.807) is 0 Å². The lowest BCUT2D eigenvalue weighted by molar-refractivity contribution is -0.358. The van der Waals surface area contributed by atoms with Crippen molar-refractivity contribution in [3.8, 4) is 40.1 Å². The van der Waals surface area contributed by atoms with Gasteiger partial charge < -0.3 is 78.4 Å². The van der Waals surface area contributed by atoms with Crippen LogP contribution in [0.5, 0.6) is 28.7 Å². The van der Waals surface area contributed by atoms with Gasteiger partial charge in [0.15, 0.2) is 35.4 Å². The summed E-state index contributed by atoms with van der Waals surface area (Å²) < 4.78 is 45.0. The lowest BCUT2D eigenvalue weighted by Crippen LogP contribution is -2.65. The number of carbonyl (C=O) groups excluding carboxylic acids is 2. The monoisotopic (exact) mass is 812 g/mol. The van der Waals surface area contributed by atoms with Crippen LogP contribution in [0.25, 0.3) is 28.4 Å². The molecule has 2 aliphatic heterocycles. The second-order valence-corrected chi connectivity index (χ2v) is 13.3. The Bertz CT molecular complexity index is 2180. The van der Waals surface area contributed by atoms with Gasteiger partial charge in [0.1, 0.15) is 77.2 Å². The molecule has 0 spiro atoms. The number of hydrogen-bond donors (Lipinski definition) is 8. The maximum Gasteiger partial charge on any atom is 0.331 e. The molecule has 10 atom stereocenters. The fourth-order valence-electron chi connectivity index (χ4n) is 6.27. The number of aromatic hydroxyl groups is 3. The van der Waals surface area contributed by atoms with E-state index >= 15 is 0 Å². The van der Waals surface area contributed by atoms with Crippen LogP contribution in [0.3, 0.4) is 0 Å². The molecule has 8 N–H and O–H groups in total. The lowest BCUT2D eigenvalue weighted by Gasteiger charge is -2.46. The first-order chi connectivity index (χ1) is 27.7. The Morgan fingerprint density at radius 3 is 2.19 bits per heavy atom. The van der Waals surface area contributed by atoms with Crippen molar-refractivity contribution in [2.45, 2.75) is 68.3 Å². The quantitative estimate of drug-likeness (QED) is 0.0710. The van der Waals surface area contributed by atoms with Crippen LogP contribution >= 0.6 is 0 Å². The number of esters is 2. The van der Waals surface area contributed by atoms with Gasteiger partial charge in [-0.3, -0.25) is 9.59 Å². The Morgan fingerprint density at radius 2 is 1.50 bits per heavy atom. The van der Waals surface area contributed by atoms with Gasteiger partial charge in [-0.05, 0) is 42.0 Å². The van der Waals surface area contributed by atoms with Gasteiger partial charge in [0.25, 0.3) is 0 Å². The summed E-state index contributed by atoms with van der Waals surface area (Å²) in [5.74, 6) is -2.76. The summed E-state index contributed by atoms with van der Waals surface area (Å²) in [6, 6.07) is 13.3. The zero-order valence-corrected chi connectivity index (χ0v) is 30.7. The van der Waals surface area contributed by atoms with Crippen molar-refractivity contribution in [3.05, 3.63) is 82.5 Å². The van der Waals surface area contributed by atoms with Crippen LogP contribution in [0.2, 0.25) is 0 Å². The fraction of sp³-hybridized carbons (Fsp3) is 0.359. The van der Waals surface area contributed by atoms with Crippen molar-refractivity contribution >= 4 is 29.0 Å². The highest BCUT2D eigenvalue weighted by Crippen LogP contribution is 2.37. The lowest BCUT2D eigenvalue weighted by atomic mass is 9.97. The number of aliphatic hydroxyl groups is 5. The highest BCUT2D eigenvalue weighted by atomic mass is 16.8. The molecule has 3 heterocycles. The minimum absolute atomic E-state index is 0.0124. The molecule has 1 aromatic heterocycles. The first kappa shape index (κ1) is 41.9. The summed E-state index contributed by atoms with van der Waals surface area (Å²) in [6.45, 7) is -0.346. The van der Waals surface area contributed by atoms with E-state index < -0.39 is 97.7 Å². The summed E-state index contributed by atoms with van der Waals surface area (Å²) >= 11 is 0. The van der Waals surface area contributed by atoms with Crippen LogP contribution in [0.15, 0.2) is 76.0 Å². The van der Waals surface area contributed by atoms with Crippen LogP contribution in [-0.2, 0) is 33.3 Å². The maximum atomic E-state index is 13.1. The molecule has 2 fully saturated rings. The number of carbonyl (C=O) groups is 2. The third-order valence-corrected chi connectivity index (χ3v) is 9.27. The molecule has 0 bridgehead atoms. The Hall–Kier alpha value is -5.77. The summed E-state index contributed by atoms with van der Waals surface area (Å²) in [5, 5.41) is 84.4. The molecule has 0 saturated carbocycles. The van der Waals surface area contributed by atoms with Crippen LogP contribution in [-0.4, -0.2) is 135 Å². The van der Waals surface area contributed by atoms with Crippen molar-refractivity contribution in [2.24, 2.45) is 0 Å². The molecular formula is C39H40O19.